The molecule has 3 fully saturated rings. The van der Waals surface area contributed by atoms with Crippen LogP contribution in [0.5, 0.6) is 0 Å². The molecule has 0 aliphatic carbocycles. The lowest BCUT2D eigenvalue weighted by atomic mass is 9.88. The molecule has 5 heteroatoms. The first-order chi connectivity index (χ1) is 7.70. The summed E-state index contributed by atoms with van der Waals surface area (Å²) >= 11 is 3.45. The molecule has 3 aliphatic rings. The first-order valence-electron chi connectivity index (χ1n) is 5.90. The fourth-order valence-electron chi connectivity index (χ4n) is 2.93. The van der Waals surface area contributed by atoms with Crippen molar-refractivity contribution in [2.75, 3.05) is 26.3 Å². The van der Waals surface area contributed by atoms with Gasteiger partial charge in [-0.15, -0.1) is 0 Å². The van der Waals surface area contributed by atoms with E-state index in [2.05, 4.69) is 20.8 Å². The zero-order chi connectivity index (χ0) is 11.2. The van der Waals surface area contributed by atoms with Crippen LogP contribution in [0.15, 0.2) is 0 Å². The number of alkyl halides is 1. The molecule has 3 saturated heterocycles. The van der Waals surface area contributed by atoms with E-state index in [-0.39, 0.29) is 10.9 Å². The smallest absolute Gasteiger partial charge is 0.171 e. The number of carbonyl (C=O) groups excluding carboxylic acids is 1. The number of carbonyl (C=O) groups is 1. The van der Waals surface area contributed by atoms with Gasteiger partial charge in [-0.2, -0.15) is 0 Å². The lowest BCUT2D eigenvalue weighted by molar-refractivity contribution is -0.199. The molecule has 0 aromatic carbocycles. The van der Waals surface area contributed by atoms with Crippen LogP contribution >= 0.6 is 15.9 Å². The van der Waals surface area contributed by atoms with Crippen molar-refractivity contribution in [3.63, 3.8) is 0 Å². The summed E-state index contributed by atoms with van der Waals surface area (Å²) in [6.45, 7) is 3.25. The van der Waals surface area contributed by atoms with Crippen LogP contribution in [-0.2, 0) is 14.3 Å². The van der Waals surface area contributed by atoms with Gasteiger partial charge in [0, 0.05) is 25.9 Å². The minimum atomic E-state index is -0.457. The Labute approximate surface area is 103 Å². The fourth-order valence-corrected chi connectivity index (χ4v) is 3.44. The number of hydrogen-bond acceptors (Lipinski definition) is 4. The van der Waals surface area contributed by atoms with Crippen LogP contribution < -0.4 is 0 Å². The van der Waals surface area contributed by atoms with Crippen LogP contribution in [0, 0.1) is 0 Å². The van der Waals surface area contributed by atoms with Crippen molar-refractivity contribution in [2.45, 2.75) is 35.9 Å². The standard InChI is InChI=1S/C11H16BrNO3/c12-8-1-3-13-4-2-11(15-5-6-16-11)7-9(13)10(8)14/h8-9H,1-7H2. The number of hydrogen-bond donors (Lipinski definition) is 0. The third kappa shape index (κ3) is 1.74. The summed E-state index contributed by atoms with van der Waals surface area (Å²) in [5.74, 6) is -0.162. The zero-order valence-corrected chi connectivity index (χ0v) is 10.7. The summed E-state index contributed by atoms with van der Waals surface area (Å²) in [6, 6.07) is -0.00928. The van der Waals surface area contributed by atoms with Crippen LogP contribution in [0.3, 0.4) is 0 Å². The molecule has 0 amide bonds. The van der Waals surface area contributed by atoms with E-state index in [9.17, 15) is 4.79 Å². The molecule has 3 aliphatic heterocycles. The maximum atomic E-state index is 12.1. The highest BCUT2D eigenvalue weighted by Gasteiger charge is 2.48. The zero-order valence-electron chi connectivity index (χ0n) is 9.15. The summed E-state index contributed by atoms with van der Waals surface area (Å²) in [6.07, 6.45) is 2.52. The number of rotatable bonds is 0. The molecule has 2 atom stereocenters. The molecule has 0 radical (unpaired) electrons. The molecule has 16 heavy (non-hydrogen) atoms. The normalized spacial score (nSPS) is 38.9. The van der Waals surface area contributed by atoms with Gasteiger partial charge in [-0.1, -0.05) is 15.9 Å². The largest absolute Gasteiger partial charge is 0.347 e. The van der Waals surface area contributed by atoms with Gasteiger partial charge in [0.05, 0.1) is 24.1 Å². The summed E-state index contributed by atoms with van der Waals surface area (Å²) in [5.41, 5.74) is 0. The quantitative estimate of drug-likeness (QED) is 0.622. The second kappa shape index (κ2) is 4.05. The first kappa shape index (κ1) is 11.1. The lowest BCUT2D eigenvalue weighted by Crippen LogP contribution is -2.58. The third-order valence-electron chi connectivity index (χ3n) is 3.85. The molecule has 0 N–H and O–H groups in total. The van der Waals surface area contributed by atoms with Gasteiger partial charge in [-0.25, -0.2) is 0 Å². The molecule has 2 unspecified atom stereocenters. The van der Waals surface area contributed by atoms with Gasteiger partial charge in [0.2, 0.25) is 0 Å². The van der Waals surface area contributed by atoms with Crippen LogP contribution in [-0.4, -0.2) is 53.6 Å². The van der Waals surface area contributed by atoms with E-state index in [1.165, 1.54) is 0 Å². The van der Waals surface area contributed by atoms with E-state index < -0.39 is 5.79 Å². The average molecular weight is 290 g/mol. The van der Waals surface area contributed by atoms with Crippen LogP contribution in [0.4, 0.5) is 0 Å². The van der Waals surface area contributed by atoms with Crippen molar-refractivity contribution in [2.24, 2.45) is 0 Å². The Bertz CT molecular complexity index is 304. The van der Waals surface area contributed by atoms with Crippen molar-refractivity contribution < 1.29 is 14.3 Å². The Morgan fingerprint density at radius 2 is 2.06 bits per heavy atom. The second-order valence-corrected chi connectivity index (χ2v) is 5.88. The van der Waals surface area contributed by atoms with Gasteiger partial charge in [-0.05, 0) is 6.42 Å². The Morgan fingerprint density at radius 1 is 1.31 bits per heavy atom. The minimum absolute atomic E-state index is 0.00928. The van der Waals surface area contributed by atoms with Gasteiger partial charge in [0.25, 0.3) is 0 Å². The Hall–Kier alpha value is 0.0300. The van der Waals surface area contributed by atoms with Crippen molar-refractivity contribution in [3.05, 3.63) is 0 Å². The van der Waals surface area contributed by atoms with E-state index in [1.807, 2.05) is 0 Å². The maximum Gasteiger partial charge on any atom is 0.171 e. The van der Waals surface area contributed by atoms with Crippen molar-refractivity contribution >= 4 is 21.7 Å². The summed E-state index contributed by atoms with van der Waals surface area (Å²) in [7, 11) is 0. The number of ketones is 1. The highest BCUT2D eigenvalue weighted by Crippen LogP contribution is 2.37. The van der Waals surface area contributed by atoms with Gasteiger partial charge < -0.3 is 9.47 Å². The monoisotopic (exact) mass is 289 g/mol. The third-order valence-corrected chi connectivity index (χ3v) is 4.75. The molecule has 1 spiro atoms. The van der Waals surface area contributed by atoms with Crippen molar-refractivity contribution in [3.8, 4) is 0 Å². The summed E-state index contributed by atoms with van der Waals surface area (Å²) in [4.78, 5) is 14.4. The van der Waals surface area contributed by atoms with Crippen molar-refractivity contribution in [1.82, 2.24) is 4.90 Å². The second-order valence-electron chi connectivity index (χ2n) is 4.77. The van der Waals surface area contributed by atoms with Gasteiger partial charge >= 0.3 is 0 Å². The molecule has 90 valence electrons. The number of fused-ring (bicyclic) bond motifs is 1. The number of Topliss-reactive ketones (excluding diaryl/α,β-unsaturated/α-hetero) is 1. The number of nitrogens with zero attached hydrogens (tertiary/aromatic N) is 1. The van der Waals surface area contributed by atoms with E-state index in [1.54, 1.807) is 0 Å². The highest BCUT2D eigenvalue weighted by atomic mass is 79.9. The van der Waals surface area contributed by atoms with Crippen LogP contribution in [0.25, 0.3) is 0 Å². The predicted octanol–water partition coefficient (Wildman–Crippen LogP) is 0.930. The van der Waals surface area contributed by atoms with Gasteiger partial charge in [0.1, 0.15) is 0 Å². The molecule has 3 rings (SSSR count). The molecular weight excluding hydrogens is 274 g/mol. The van der Waals surface area contributed by atoms with E-state index in [0.29, 0.717) is 25.4 Å². The lowest BCUT2D eigenvalue weighted by Gasteiger charge is -2.45. The van der Waals surface area contributed by atoms with Crippen molar-refractivity contribution in [1.29, 1.82) is 0 Å². The Balaban J connectivity index is 1.77. The van der Waals surface area contributed by atoms with Crippen LogP contribution in [0.1, 0.15) is 19.3 Å². The summed E-state index contributed by atoms with van der Waals surface area (Å²) < 4.78 is 11.4. The molecule has 4 nitrogen and oxygen atoms in total. The molecule has 0 saturated carbocycles. The average Bonchev–Trinajstić information content (AvgIpc) is 2.73. The van der Waals surface area contributed by atoms with E-state index >= 15 is 0 Å². The fraction of sp³-hybridized carbons (Fsp3) is 0.909. The summed E-state index contributed by atoms with van der Waals surface area (Å²) in [5, 5.41) is 0. The molecule has 0 aromatic heterocycles. The molecule has 3 heterocycles. The molecular formula is C11H16BrNO3. The van der Waals surface area contributed by atoms with E-state index in [4.69, 9.17) is 9.47 Å². The highest BCUT2D eigenvalue weighted by molar-refractivity contribution is 9.10. The topological polar surface area (TPSA) is 38.8 Å². The number of piperidine rings is 2. The Morgan fingerprint density at radius 3 is 2.81 bits per heavy atom. The first-order valence-corrected chi connectivity index (χ1v) is 6.82. The predicted molar refractivity (Wildman–Crippen MR) is 61.6 cm³/mol. The SMILES string of the molecule is O=C1C(Br)CCN2CCC3(CC12)OCCO3. The van der Waals surface area contributed by atoms with E-state index in [0.717, 1.165) is 25.9 Å². The van der Waals surface area contributed by atoms with Gasteiger partial charge in [-0.3, -0.25) is 9.69 Å². The number of halogens is 1. The Kier molecular flexibility index (Phi) is 2.82. The van der Waals surface area contributed by atoms with Gasteiger partial charge in [0.15, 0.2) is 11.6 Å². The minimum Gasteiger partial charge on any atom is -0.347 e. The maximum absolute atomic E-state index is 12.1. The number of ether oxygens (including phenoxy) is 2. The van der Waals surface area contributed by atoms with Crippen LogP contribution in [0.2, 0.25) is 0 Å². The molecule has 0 aromatic rings. The molecule has 0 bridgehead atoms.